The number of carbonyl (C=O) groups is 3. The quantitative estimate of drug-likeness (QED) is 0.0511. The Labute approximate surface area is 356 Å². The first kappa shape index (κ1) is 51.1. The summed E-state index contributed by atoms with van der Waals surface area (Å²) in [5.74, 6) is -2.33. The van der Waals surface area contributed by atoms with Crippen molar-refractivity contribution in [3.63, 3.8) is 0 Å². The minimum Gasteiger partial charge on any atom is -0.462 e. The number of esters is 1. The number of hydrogen-bond donors (Lipinski definition) is 1. The van der Waals surface area contributed by atoms with Crippen molar-refractivity contribution < 1.29 is 56.4 Å². The fourth-order valence-corrected chi connectivity index (χ4v) is 8.64. The van der Waals surface area contributed by atoms with Crippen molar-refractivity contribution in [3.8, 4) is 0 Å². The van der Waals surface area contributed by atoms with Crippen LogP contribution in [0, 0.1) is 5.41 Å². The molecule has 0 aromatic carbocycles. The summed E-state index contributed by atoms with van der Waals surface area (Å²) in [6.07, 6.45) is 7.61. The Kier molecular flexibility index (Phi) is 18.8. The van der Waals surface area contributed by atoms with Gasteiger partial charge in [0.25, 0.3) is 0 Å². The predicted octanol–water partition coefficient (Wildman–Crippen LogP) is 11.0. The van der Waals surface area contributed by atoms with Crippen LogP contribution in [0.1, 0.15) is 167 Å². The van der Waals surface area contributed by atoms with E-state index in [1.165, 1.54) is 63.9 Å². The number of hydrogen-bond acceptors (Lipinski definition) is 11. The first-order chi connectivity index (χ1) is 27.2. The van der Waals surface area contributed by atoms with Crippen LogP contribution < -0.4 is 5.32 Å². The van der Waals surface area contributed by atoms with Crippen molar-refractivity contribution in [1.29, 1.82) is 0 Å². The monoisotopic (exact) mass is 858 g/mol. The number of rotatable bonds is 21. The van der Waals surface area contributed by atoms with Crippen LogP contribution in [0.4, 0.5) is 14.0 Å². The van der Waals surface area contributed by atoms with Gasteiger partial charge < -0.3 is 42.9 Å². The molecule has 1 amide bonds. The molecule has 0 radical (unpaired) electrons. The number of halogens is 1. The van der Waals surface area contributed by atoms with Crippen LogP contribution in [0.2, 0.25) is 18.1 Å². The molecule has 59 heavy (non-hydrogen) atoms. The van der Waals surface area contributed by atoms with Crippen molar-refractivity contribution in [3.05, 3.63) is 11.9 Å². The zero-order valence-electron chi connectivity index (χ0n) is 39.0. The van der Waals surface area contributed by atoms with E-state index in [9.17, 15) is 14.4 Å². The van der Waals surface area contributed by atoms with E-state index in [0.29, 0.717) is 6.42 Å². The third-order valence-corrected chi connectivity index (χ3v) is 16.0. The van der Waals surface area contributed by atoms with Gasteiger partial charge in [0.15, 0.2) is 32.4 Å². The highest BCUT2D eigenvalue weighted by molar-refractivity contribution is 6.74. The molecule has 0 aromatic heterocycles. The van der Waals surface area contributed by atoms with E-state index in [4.69, 9.17) is 37.6 Å². The largest absolute Gasteiger partial charge is 0.509 e. The molecule has 8 atom stereocenters. The van der Waals surface area contributed by atoms with Crippen LogP contribution in [-0.2, 0) is 42.4 Å². The summed E-state index contributed by atoms with van der Waals surface area (Å²) in [6.45, 7) is 26.2. The van der Waals surface area contributed by atoms with Gasteiger partial charge in [-0.2, -0.15) is 0 Å². The molecular weight excluding hydrogens is 778 g/mol. The molecule has 342 valence electrons. The second-order valence-corrected chi connectivity index (χ2v) is 25.5. The number of alkyl carbamates (subject to hydrolysis) is 1. The Morgan fingerprint density at radius 3 is 1.90 bits per heavy atom. The summed E-state index contributed by atoms with van der Waals surface area (Å²) in [6, 6.07) is -1.08. The van der Waals surface area contributed by atoms with Crippen molar-refractivity contribution in [2.24, 2.45) is 5.41 Å². The van der Waals surface area contributed by atoms with Crippen LogP contribution in [0.25, 0.3) is 0 Å². The highest BCUT2D eigenvalue weighted by Crippen LogP contribution is 2.43. The Balaban J connectivity index is 1.87. The van der Waals surface area contributed by atoms with E-state index < -0.39 is 97.9 Å². The summed E-state index contributed by atoms with van der Waals surface area (Å²) in [4.78, 5) is 39.1. The Morgan fingerprint density at radius 1 is 0.831 bits per heavy atom. The summed E-state index contributed by atoms with van der Waals surface area (Å²) in [5, 5.41) is 2.58. The molecule has 0 saturated carbocycles. The van der Waals surface area contributed by atoms with Crippen LogP contribution in [0.3, 0.4) is 0 Å². The SMILES string of the molecule is CCCCCCCCCCCCCC[C@H]1OC(C)(C)O[C@H]1[C@H](/C=C(\F)[C@H]1O[C@H](COC(=O)C(C)(C)C)[C@H](O[Si](C)(C)C(C)(C)C)[C@@H]2OC(=O)O[C@H]21)NC(=O)OC(C)(C)C. The van der Waals surface area contributed by atoms with Crippen LogP contribution >= 0.6 is 0 Å². The molecule has 0 bridgehead atoms. The van der Waals surface area contributed by atoms with E-state index in [1.54, 1.807) is 55.4 Å². The summed E-state index contributed by atoms with van der Waals surface area (Å²) in [7, 11) is -2.56. The first-order valence-electron chi connectivity index (χ1n) is 22.3. The standard InChI is InChI=1S/C45H80FNO11Si/c1-15-16-17-18-19-20-21-22-23-24-25-26-27-32-35(56-45(11,12)55-32)31(47-40(49)57-43(5,6)7)28-30(46)34-37-38(54-41(50)53-37)36(58-59(13,14)44(8,9)10)33(52-34)29-51-39(48)42(2,3)4/h28,31-38H,15-27,29H2,1-14H3,(H,47,49)/b30-28-/t31-,32+,33+,34+,35-,36-,37-,38-/m0/s1. The Hall–Kier alpha value is -2.26. The number of ether oxygens (including phenoxy) is 7. The lowest BCUT2D eigenvalue weighted by Crippen LogP contribution is -2.62. The topological polar surface area (TPSA) is 137 Å². The minimum absolute atomic E-state index is 0.248. The Bertz CT molecular complexity index is 1380. The molecule has 3 aliphatic heterocycles. The second-order valence-electron chi connectivity index (χ2n) is 20.7. The smallest absolute Gasteiger partial charge is 0.462 e. The molecule has 14 heteroatoms. The lowest BCUT2D eigenvalue weighted by Gasteiger charge is -2.46. The Morgan fingerprint density at radius 2 is 1.37 bits per heavy atom. The number of unbranched alkanes of at least 4 members (excludes halogenated alkanes) is 11. The fraction of sp³-hybridized carbons (Fsp3) is 0.889. The molecule has 0 aromatic rings. The summed E-state index contributed by atoms with van der Waals surface area (Å²) < 4.78 is 65.6. The summed E-state index contributed by atoms with van der Waals surface area (Å²) in [5.41, 5.74) is -1.65. The van der Waals surface area contributed by atoms with Crippen LogP contribution in [0.15, 0.2) is 11.9 Å². The molecule has 3 rings (SSSR count). The van der Waals surface area contributed by atoms with Gasteiger partial charge in [0.2, 0.25) is 0 Å². The summed E-state index contributed by atoms with van der Waals surface area (Å²) >= 11 is 0. The van der Waals surface area contributed by atoms with E-state index in [-0.39, 0.29) is 11.6 Å². The predicted molar refractivity (Wildman–Crippen MR) is 228 cm³/mol. The third-order valence-electron chi connectivity index (χ3n) is 11.5. The highest BCUT2D eigenvalue weighted by atomic mass is 28.4. The minimum atomic E-state index is -2.56. The van der Waals surface area contributed by atoms with Gasteiger partial charge in [0.05, 0.1) is 17.6 Å². The molecule has 3 aliphatic rings. The van der Waals surface area contributed by atoms with Gasteiger partial charge in [0, 0.05) is 0 Å². The van der Waals surface area contributed by atoms with E-state index >= 15 is 4.39 Å². The molecular formula is C45H80FNO11Si. The van der Waals surface area contributed by atoms with Gasteiger partial charge in [-0.05, 0) is 86.0 Å². The van der Waals surface area contributed by atoms with Gasteiger partial charge in [-0.15, -0.1) is 0 Å². The zero-order valence-corrected chi connectivity index (χ0v) is 40.0. The van der Waals surface area contributed by atoms with Crippen molar-refractivity contribution in [1.82, 2.24) is 5.32 Å². The van der Waals surface area contributed by atoms with E-state index in [0.717, 1.165) is 19.3 Å². The number of nitrogens with one attached hydrogen (secondary N) is 1. The maximum atomic E-state index is 17.1. The lowest BCUT2D eigenvalue weighted by atomic mass is 9.92. The molecule has 0 spiro atoms. The molecule has 1 N–H and O–H groups in total. The average Bonchev–Trinajstić information content (AvgIpc) is 3.63. The van der Waals surface area contributed by atoms with Crippen molar-refractivity contribution in [2.75, 3.05) is 6.61 Å². The molecule has 3 saturated heterocycles. The molecule has 0 aliphatic carbocycles. The van der Waals surface area contributed by atoms with Crippen molar-refractivity contribution >= 4 is 26.5 Å². The van der Waals surface area contributed by atoms with E-state index in [1.807, 2.05) is 13.1 Å². The highest BCUT2D eigenvalue weighted by Gasteiger charge is 2.58. The van der Waals surface area contributed by atoms with Gasteiger partial charge in [0.1, 0.15) is 36.3 Å². The van der Waals surface area contributed by atoms with Gasteiger partial charge >= 0.3 is 18.2 Å². The lowest BCUT2D eigenvalue weighted by molar-refractivity contribution is -0.196. The second kappa shape index (κ2) is 21.7. The molecule has 3 heterocycles. The van der Waals surface area contributed by atoms with E-state index in [2.05, 4.69) is 33.0 Å². The average molecular weight is 858 g/mol. The van der Waals surface area contributed by atoms with Crippen LogP contribution in [-0.4, -0.2) is 93.3 Å². The third kappa shape index (κ3) is 16.2. The maximum Gasteiger partial charge on any atom is 0.509 e. The fourth-order valence-electron chi connectivity index (χ4n) is 7.32. The number of fused-ring (bicyclic) bond motifs is 1. The zero-order chi connectivity index (χ0) is 44.4. The molecule has 12 nitrogen and oxygen atoms in total. The van der Waals surface area contributed by atoms with Crippen molar-refractivity contribution in [2.45, 2.75) is 245 Å². The van der Waals surface area contributed by atoms with Gasteiger partial charge in [-0.25, -0.2) is 14.0 Å². The van der Waals surface area contributed by atoms with Crippen LogP contribution in [0.5, 0.6) is 0 Å². The molecule has 3 fully saturated rings. The molecule has 0 unspecified atom stereocenters. The maximum absolute atomic E-state index is 17.1. The number of carbonyl (C=O) groups excluding carboxylic acids is 3. The van der Waals surface area contributed by atoms with Gasteiger partial charge in [-0.1, -0.05) is 105 Å². The first-order valence-corrected chi connectivity index (χ1v) is 25.3. The van der Waals surface area contributed by atoms with Gasteiger partial charge in [-0.3, -0.25) is 4.79 Å². The normalized spacial score (nSPS) is 26.8. The number of amides is 1.